The van der Waals surface area contributed by atoms with Crippen LogP contribution >= 0.6 is 15.9 Å². The van der Waals surface area contributed by atoms with Crippen LogP contribution in [0.3, 0.4) is 0 Å². The van der Waals surface area contributed by atoms with E-state index in [1.807, 2.05) is 12.1 Å². The number of rotatable bonds is 6. The van der Waals surface area contributed by atoms with E-state index in [0.717, 1.165) is 30.4 Å². The normalized spacial score (nSPS) is 10.1. The van der Waals surface area contributed by atoms with E-state index >= 15 is 0 Å². The second-order valence-corrected chi connectivity index (χ2v) is 4.15. The lowest BCUT2D eigenvalue weighted by Crippen LogP contribution is -2.14. The van der Waals surface area contributed by atoms with Crippen LogP contribution < -0.4 is 5.32 Å². The minimum Gasteiger partial charge on any atom is -0.313 e. The van der Waals surface area contributed by atoms with Gasteiger partial charge in [-0.3, -0.25) is 0 Å². The molecule has 0 aliphatic rings. The minimum atomic E-state index is 0.941. The van der Waals surface area contributed by atoms with E-state index in [2.05, 4.69) is 46.0 Å². The van der Waals surface area contributed by atoms with Crippen molar-refractivity contribution in [3.63, 3.8) is 0 Å². The summed E-state index contributed by atoms with van der Waals surface area (Å²) in [6.07, 6.45) is 4.21. The van der Waals surface area contributed by atoms with Crippen molar-refractivity contribution in [1.82, 2.24) is 5.32 Å². The Morgan fingerprint density at radius 3 is 3.00 bits per heavy atom. The highest BCUT2D eigenvalue weighted by Crippen LogP contribution is 2.11. The first-order chi connectivity index (χ1) is 6.83. The van der Waals surface area contributed by atoms with E-state index in [1.54, 1.807) is 0 Å². The van der Waals surface area contributed by atoms with Crippen LogP contribution in [0.1, 0.15) is 18.4 Å². The Bertz CT molecular complexity index is 283. The predicted octanol–water partition coefficient (Wildman–Crippen LogP) is 3.50. The number of hydrogen-bond acceptors (Lipinski definition) is 1. The maximum atomic E-state index is 3.69. The molecule has 0 aliphatic carbocycles. The molecule has 0 aromatic heterocycles. The summed E-state index contributed by atoms with van der Waals surface area (Å²) in [5, 5.41) is 3.40. The molecule has 1 nitrogen and oxygen atoms in total. The Kier molecular flexibility index (Phi) is 5.57. The van der Waals surface area contributed by atoms with Crippen LogP contribution in [-0.2, 0) is 6.54 Å². The summed E-state index contributed by atoms with van der Waals surface area (Å²) in [7, 11) is 0. The fraction of sp³-hybridized carbons (Fsp3) is 0.333. The number of unbranched alkanes of at least 4 members (excludes halogenated alkanes) is 1. The van der Waals surface area contributed by atoms with Crippen LogP contribution in [0.5, 0.6) is 0 Å². The average Bonchev–Trinajstić information content (AvgIpc) is 2.18. The van der Waals surface area contributed by atoms with E-state index in [0.29, 0.717) is 0 Å². The number of allylic oxidation sites excluding steroid dienone is 1. The van der Waals surface area contributed by atoms with Gasteiger partial charge in [-0.15, -0.1) is 6.58 Å². The first kappa shape index (κ1) is 11.5. The van der Waals surface area contributed by atoms with Crippen molar-refractivity contribution in [2.75, 3.05) is 6.54 Å². The molecule has 0 bridgehead atoms. The number of benzene rings is 1. The van der Waals surface area contributed by atoms with Crippen molar-refractivity contribution in [3.8, 4) is 0 Å². The first-order valence-corrected chi connectivity index (χ1v) is 5.68. The van der Waals surface area contributed by atoms with Gasteiger partial charge in [-0.2, -0.15) is 0 Å². The molecule has 0 radical (unpaired) electrons. The van der Waals surface area contributed by atoms with Crippen LogP contribution in [0.25, 0.3) is 0 Å². The van der Waals surface area contributed by atoms with Gasteiger partial charge in [0.2, 0.25) is 0 Å². The van der Waals surface area contributed by atoms with Gasteiger partial charge >= 0.3 is 0 Å². The van der Waals surface area contributed by atoms with E-state index in [4.69, 9.17) is 0 Å². The Labute approximate surface area is 94.3 Å². The van der Waals surface area contributed by atoms with E-state index in [9.17, 15) is 0 Å². The summed E-state index contributed by atoms with van der Waals surface area (Å²) in [4.78, 5) is 0. The van der Waals surface area contributed by atoms with Crippen molar-refractivity contribution < 1.29 is 0 Å². The Morgan fingerprint density at radius 1 is 1.43 bits per heavy atom. The second-order valence-electron chi connectivity index (χ2n) is 3.24. The summed E-state index contributed by atoms with van der Waals surface area (Å²) >= 11 is 3.45. The molecular weight excluding hydrogens is 238 g/mol. The zero-order valence-electron chi connectivity index (χ0n) is 8.30. The summed E-state index contributed by atoms with van der Waals surface area (Å²) < 4.78 is 1.14. The van der Waals surface area contributed by atoms with Gasteiger partial charge in [0.15, 0.2) is 0 Å². The van der Waals surface area contributed by atoms with Crippen LogP contribution in [-0.4, -0.2) is 6.54 Å². The molecule has 0 aliphatic heterocycles. The second kappa shape index (κ2) is 6.80. The maximum absolute atomic E-state index is 3.69. The highest BCUT2D eigenvalue weighted by atomic mass is 79.9. The third kappa shape index (κ3) is 4.58. The van der Waals surface area contributed by atoms with Crippen LogP contribution in [0, 0.1) is 0 Å². The van der Waals surface area contributed by atoms with Gasteiger partial charge in [-0.25, -0.2) is 0 Å². The molecule has 0 saturated carbocycles. The number of halogens is 1. The SMILES string of the molecule is C=CCCCNCc1cccc(Br)c1. The van der Waals surface area contributed by atoms with Crippen molar-refractivity contribution in [2.24, 2.45) is 0 Å². The van der Waals surface area contributed by atoms with Gasteiger partial charge in [0, 0.05) is 11.0 Å². The van der Waals surface area contributed by atoms with Gasteiger partial charge in [0.25, 0.3) is 0 Å². The molecule has 1 aromatic carbocycles. The van der Waals surface area contributed by atoms with E-state index < -0.39 is 0 Å². The molecule has 0 unspecified atom stereocenters. The average molecular weight is 254 g/mol. The van der Waals surface area contributed by atoms with Crippen LogP contribution in [0.4, 0.5) is 0 Å². The fourth-order valence-corrected chi connectivity index (χ4v) is 1.70. The van der Waals surface area contributed by atoms with Gasteiger partial charge < -0.3 is 5.32 Å². The van der Waals surface area contributed by atoms with Gasteiger partial charge in [0.05, 0.1) is 0 Å². The third-order valence-electron chi connectivity index (χ3n) is 1.98. The Morgan fingerprint density at radius 2 is 2.29 bits per heavy atom. The predicted molar refractivity (Wildman–Crippen MR) is 65.3 cm³/mol. The van der Waals surface area contributed by atoms with Gasteiger partial charge in [-0.05, 0) is 37.1 Å². The molecule has 76 valence electrons. The number of hydrogen-bond donors (Lipinski definition) is 1. The zero-order valence-corrected chi connectivity index (χ0v) is 9.89. The molecule has 1 rings (SSSR count). The van der Waals surface area contributed by atoms with Gasteiger partial charge in [0.1, 0.15) is 0 Å². The maximum Gasteiger partial charge on any atom is 0.0205 e. The summed E-state index contributed by atoms with van der Waals surface area (Å²) in [5.41, 5.74) is 1.32. The standard InChI is InChI=1S/C12H16BrN/c1-2-3-4-8-14-10-11-6-5-7-12(13)9-11/h2,5-7,9,14H,1,3-4,8,10H2. The molecular formula is C12H16BrN. The molecule has 14 heavy (non-hydrogen) atoms. The molecule has 2 heteroatoms. The van der Waals surface area contributed by atoms with E-state index in [-0.39, 0.29) is 0 Å². The fourth-order valence-electron chi connectivity index (χ4n) is 1.25. The van der Waals surface area contributed by atoms with Crippen LogP contribution in [0.2, 0.25) is 0 Å². The van der Waals surface area contributed by atoms with Crippen molar-refractivity contribution >= 4 is 15.9 Å². The summed E-state index contributed by atoms with van der Waals surface area (Å²) in [6.45, 7) is 5.69. The lowest BCUT2D eigenvalue weighted by Gasteiger charge is -2.04. The molecule has 0 atom stereocenters. The minimum absolute atomic E-state index is 0.941. The van der Waals surface area contributed by atoms with Gasteiger partial charge in [-0.1, -0.05) is 34.1 Å². The molecule has 0 saturated heterocycles. The Balaban J connectivity index is 2.21. The monoisotopic (exact) mass is 253 g/mol. The first-order valence-electron chi connectivity index (χ1n) is 4.89. The summed E-state index contributed by atoms with van der Waals surface area (Å²) in [6, 6.07) is 8.37. The molecule has 0 heterocycles. The number of nitrogens with one attached hydrogen (secondary N) is 1. The summed E-state index contributed by atoms with van der Waals surface area (Å²) in [5.74, 6) is 0. The molecule has 0 fully saturated rings. The molecule has 1 aromatic rings. The topological polar surface area (TPSA) is 12.0 Å². The molecule has 0 spiro atoms. The van der Waals surface area contributed by atoms with Crippen molar-refractivity contribution in [2.45, 2.75) is 19.4 Å². The van der Waals surface area contributed by atoms with Crippen molar-refractivity contribution in [1.29, 1.82) is 0 Å². The lowest BCUT2D eigenvalue weighted by molar-refractivity contribution is 0.655. The smallest absolute Gasteiger partial charge is 0.0205 e. The lowest BCUT2D eigenvalue weighted by atomic mass is 10.2. The van der Waals surface area contributed by atoms with E-state index in [1.165, 1.54) is 5.56 Å². The highest BCUT2D eigenvalue weighted by molar-refractivity contribution is 9.10. The van der Waals surface area contributed by atoms with Crippen molar-refractivity contribution in [3.05, 3.63) is 47.0 Å². The molecule has 0 amide bonds. The Hall–Kier alpha value is -0.600. The zero-order chi connectivity index (χ0) is 10.2. The third-order valence-corrected chi connectivity index (χ3v) is 2.47. The largest absolute Gasteiger partial charge is 0.313 e. The quantitative estimate of drug-likeness (QED) is 0.605. The highest BCUT2D eigenvalue weighted by Gasteiger charge is 1.92. The van der Waals surface area contributed by atoms with Crippen LogP contribution in [0.15, 0.2) is 41.4 Å². The molecule has 1 N–H and O–H groups in total.